The van der Waals surface area contributed by atoms with Crippen LogP contribution in [0.25, 0.3) is 11.0 Å². The van der Waals surface area contributed by atoms with Crippen molar-refractivity contribution in [1.82, 2.24) is 9.55 Å². The fourth-order valence-corrected chi connectivity index (χ4v) is 3.56. The number of aryl methyl sites for hydroxylation is 1. The van der Waals surface area contributed by atoms with Crippen LogP contribution in [0.3, 0.4) is 0 Å². The molecule has 0 fully saturated rings. The van der Waals surface area contributed by atoms with Crippen LogP contribution in [0, 0.1) is 0 Å². The minimum atomic E-state index is -3.11. The molecule has 0 spiro atoms. The summed E-state index contributed by atoms with van der Waals surface area (Å²) in [6.45, 7) is 3.76. The van der Waals surface area contributed by atoms with Crippen molar-refractivity contribution >= 4 is 26.8 Å². The lowest BCUT2D eigenvalue weighted by Crippen LogP contribution is -2.18. The molecule has 114 valence electrons. The molecule has 0 saturated carbocycles. The Kier molecular flexibility index (Phi) is 4.04. The van der Waals surface area contributed by atoms with Crippen molar-refractivity contribution in [1.29, 1.82) is 0 Å². The van der Waals surface area contributed by atoms with E-state index in [0.717, 1.165) is 11.3 Å². The molecule has 6 nitrogen and oxygen atoms in total. The fourth-order valence-electron chi connectivity index (χ4n) is 2.54. The smallest absolute Gasteiger partial charge is 0.335 e. The van der Waals surface area contributed by atoms with Crippen LogP contribution in [0.1, 0.15) is 36.1 Å². The van der Waals surface area contributed by atoms with Gasteiger partial charge in [0.15, 0.2) is 0 Å². The molecule has 1 N–H and O–H groups in total. The maximum Gasteiger partial charge on any atom is 0.335 e. The highest BCUT2D eigenvalue weighted by Gasteiger charge is 2.19. The number of fused-ring (bicyclic) bond motifs is 1. The van der Waals surface area contributed by atoms with Crippen molar-refractivity contribution in [3.05, 3.63) is 29.6 Å². The molecule has 0 saturated heterocycles. The van der Waals surface area contributed by atoms with Crippen molar-refractivity contribution in [2.45, 2.75) is 26.3 Å². The molecule has 2 aromatic rings. The van der Waals surface area contributed by atoms with E-state index in [4.69, 9.17) is 5.11 Å². The monoisotopic (exact) mass is 310 g/mol. The van der Waals surface area contributed by atoms with Gasteiger partial charge in [0.25, 0.3) is 0 Å². The lowest BCUT2D eigenvalue weighted by molar-refractivity contribution is 0.0697. The van der Waals surface area contributed by atoms with Gasteiger partial charge in [0, 0.05) is 18.7 Å². The van der Waals surface area contributed by atoms with Gasteiger partial charge in [-0.3, -0.25) is 0 Å². The number of carbonyl (C=O) groups is 1. The Hall–Kier alpha value is -1.89. The third kappa shape index (κ3) is 3.24. The highest BCUT2D eigenvalue weighted by molar-refractivity contribution is 7.90. The zero-order valence-corrected chi connectivity index (χ0v) is 13.0. The maximum absolute atomic E-state index is 11.5. The molecule has 1 heterocycles. The Morgan fingerprint density at radius 2 is 2.10 bits per heavy atom. The number of rotatable bonds is 5. The predicted molar refractivity (Wildman–Crippen MR) is 80.5 cm³/mol. The summed E-state index contributed by atoms with van der Waals surface area (Å²) >= 11 is 0. The van der Waals surface area contributed by atoms with Crippen LogP contribution in [-0.4, -0.2) is 41.1 Å². The zero-order valence-electron chi connectivity index (χ0n) is 12.2. The van der Waals surface area contributed by atoms with Crippen LogP contribution in [-0.2, 0) is 16.3 Å². The van der Waals surface area contributed by atoms with Gasteiger partial charge in [0.2, 0.25) is 0 Å². The summed E-state index contributed by atoms with van der Waals surface area (Å²) in [5.74, 6) is -0.232. The number of aromatic carboxylic acids is 1. The van der Waals surface area contributed by atoms with E-state index in [1.165, 1.54) is 18.4 Å². The van der Waals surface area contributed by atoms with E-state index in [-0.39, 0.29) is 17.4 Å². The van der Waals surface area contributed by atoms with Crippen molar-refractivity contribution in [3.8, 4) is 0 Å². The molecule has 21 heavy (non-hydrogen) atoms. The topological polar surface area (TPSA) is 89.3 Å². The molecule has 0 amide bonds. The first-order valence-corrected chi connectivity index (χ1v) is 8.71. The molecule has 2 rings (SSSR count). The Labute approximate surface area is 123 Å². The van der Waals surface area contributed by atoms with Gasteiger partial charge in [0.1, 0.15) is 15.7 Å². The number of carboxylic acids is 1. The fraction of sp³-hybridized carbons (Fsp3) is 0.429. The quantitative estimate of drug-likeness (QED) is 0.911. The van der Waals surface area contributed by atoms with Crippen LogP contribution in [0.2, 0.25) is 0 Å². The zero-order chi connectivity index (χ0) is 15.8. The van der Waals surface area contributed by atoms with Crippen molar-refractivity contribution in [2.24, 2.45) is 0 Å². The molecular weight excluding hydrogens is 292 g/mol. The van der Waals surface area contributed by atoms with Crippen LogP contribution >= 0.6 is 0 Å². The second kappa shape index (κ2) is 5.48. The van der Waals surface area contributed by atoms with Crippen LogP contribution in [0.15, 0.2) is 18.2 Å². The summed E-state index contributed by atoms with van der Waals surface area (Å²) in [6.07, 6.45) is 1.85. The van der Waals surface area contributed by atoms with Gasteiger partial charge in [-0.25, -0.2) is 18.2 Å². The molecule has 0 bridgehead atoms. The molecule has 7 heteroatoms. The molecule has 0 aliphatic rings. The SMILES string of the molecule is CCc1nc2cc(C(=O)O)ccc2n1C(C)CS(C)(=O)=O. The Bertz CT molecular complexity index is 793. The van der Waals surface area contributed by atoms with Crippen LogP contribution in [0.5, 0.6) is 0 Å². The highest BCUT2D eigenvalue weighted by atomic mass is 32.2. The summed E-state index contributed by atoms with van der Waals surface area (Å²) in [5.41, 5.74) is 1.51. The van der Waals surface area contributed by atoms with Gasteiger partial charge in [-0.05, 0) is 25.1 Å². The lowest BCUT2D eigenvalue weighted by atomic mass is 10.2. The maximum atomic E-state index is 11.5. The second-order valence-corrected chi connectivity index (χ2v) is 7.39. The standard InChI is InChI=1S/C14H18N2O4S/c1-4-13-15-11-7-10(14(17)18)5-6-12(11)16(13)9(2)8-21(3,19)20/h5-7,9H,4,8H2,1-3H3,(H,17,18). The van der Waals surface area contributed by atoms with E-state index >= 15 is 0 Å². The van der Waals surface area contributed by atoms with Crippen LogP contribution < -0.4 is 0 Å². The van der Waals surface area contributed by atoms with Gasteiger partial charge in [-0.15, -0.1) is 0 Å². The first-order valence-electron chi connectivity index (χ1n) is 6.64. The van der Waals surface area contributed by atoms with Gasteiger partial charge >= 0.3 is 5.97 Å². The molecule has 0 aliphatic heterocycles. The third-order valence-corrected chi connectivity index (χ3v) is 4.40. The number of hydrogen-bond acceptors (Lipinski definition) is 4. The number of imidazole rings is 1. The third-order valence-electron chi connectivity index (χ3n) is 3.31. The molecule has 1 aromatic heterocycles. The van der Waals surface area contributed by atoms with Gasteiger partial charge in [-0.1, -0.05) is 6.92 Å². The first kappa shape index (κ1) is 15.5. The molecule has 1 atom stereocenters. The van der Waals surface area contributed by atoms with Gasteiger partial charge < -0.3 is 9.67 Å². The van der Waals surface area contributed by atoms with E-state index in [1.807, 2.05) is 18.4 Å². The molecule has 0 aliphatic carbocycles. The van der Waals surface area contributed by atoms with Crippen molar-refractivity contribution in [2.75, 3.05) is 12.0 Å². The Morgan fingerprint density at radius 3 is 2.62 bits per heavy atom. The number of benzene rings is 1. The van der Waals surface area contributed by atoms with E-state index in [1.54, 1.807) is 6.07 Å². The first-order chi connectivity index (χ1) is 9.73. The minimum Gasteiger partial charge on any atom is -0.478 e. The number of nitrogens with zero attached hydrogens (tertiary/aromatic N) is 2. The Morgan fingerprint density at radius 1 is 1.43 bits per heavy atom. The number of sulfone groups is 1. The van der Waals surface area contributed by atoms with Gasteiger partial charge in [-0.2, -0.15) is 0 Å². The molecule has 1 aromatic carbocycles. The van der Waals surface area contributed by atoms with E-state index < -0.39 is 15.8 Å². The lowest BCUT2D eigenvalue weighted by Gasteiger charge is -2.16. The summed E-state index contributed by atoms with van der Waals surface area (Å²) in [6, 6.07) is 4.45. The van der Waals surface area contributed by atoms with E-state index in [0.29, 0.717) is 11.9 Å². The summed E-state index contributed by atoms with van der Waals surface area (Å²) in [4.78, 5) is 15.4. The molecular formula is C14H18N2O4S. The largest absolute Gasteiger partial charge is 0.478 e. The predicted octanol–water partition coefficient (Wildman–Crippen LogP) is 1.90. The molecule has 0 radical (unpaired) electrons. The number of hydrogen-bond donors (Lipinski definition) is 1. The summed E-state index contributed by atoms with van der Waals surface area (Å²) in [5, 5.41) is 9.03. The van der Waals surface area contributed by atoms with Gasteiger partial charge in [0.05, 0.1) is 22.3 Å². The van der Waals surface area contributed by atoms with Crippen molar-refractivity contribution < 1.29 is 18.3 Å². The average Bonchev–Trinajstić information content (AvgIpc) is 2.73. The summed E-state index contributed by atoms with van der Waals surface area (Å²) in [7, 11) is -3.11. The number of carboxylic acid groups (broad SMARTS) is 1. The summed E-state index contributed by atoms with van der Waals surface area (Å²) < 4.78 is 24.9. The van der Waals surface area contributed by atoms with Crippen LogP contribution in [0.4, 0.5) is 0 Å². The second-order valence-electron chi connectivity index (χ2n) is 5.20. The number of aromatic nitrogens is 2. The highest BCUT2D eigenvalue weighted by Crippen LogP contribution is 2.23. The minimum absolute atomic E-state index is 0.0200. The normalized spacial score (nSPS) is 13.5. The Balaban J connectivity index is 2.59. The average molecular weight is 310 g/mol. The van der Waals surface area contributed by atoms with E-state index in [2.05, 4.69) is 4.98 Å². The van der Waals surface area contributed by atoms with E-state index in [9.17, 15) is 13.2 Å². The molecule has 1 unspecified atom stereocenters. The van der Waals surface area contributed by atoms with Crippen molar-refractivity contribution in [3.63, 3.8) is 0 Å².